The molecule has 2 aliphatic rings. The number of rotatable bonds is 18. The number of nitrogens with one attached hydrogen (secondary N) is 5. The van der Waals surface area contributed by atoms with E-state index in [-0.39, 0.29) is 37.8 Å². The summed E-state index contributed by atoms with van der Waals surface area (Å²) in [6.45, 7) is 4.78. The number of hydrogen-bond acceptors (Lipinski definition) is 9. The van der Waals surface area contributed by atoms with Crippen molar-refractivity contribution in [3.05, 3.63) is 35.9 Å². The maximum atomic E-state index is 14.2. The van der Waals surface area contributed by atoms with Crippen LogP contribution in [0.2, 0.25) is 0 Å². The van der Waals surface area contributed by atoms with E-state index in [4.69, 9.17) is 10.5 Å². The first kappa shape index (κ1) is 42.0. The predicted octanol–water partition coefficient (Wildman–Crippen LogP) is 0.326. The third-order valence-electron chi connectivity index (χ3n) is 8.93. The Bertz CT molecular complexity index is 1460. The lowest BCUT2D eigenvalue weighted by atomic mass is 9.83. The first-order valence-corrected chi connectivity index (χ1v) is 18.7. The van der Waals surface area contributed by atoms with Crippen molar-refractivity contribution in [3.63, 3.8) is 0 Å². The fraction of sp³-hybridized carbons (Fsp3) is 0.618. The highest BCUT2D eigenvalue weighted by atomic mass is 32.2. The number of benzene rings is 1. The van der Waals surface area contributed by atoms with Crippen LogP contribution in [0.4, 0.5) is 4.79 Å². The van der Waals surface area contributed by atoms with Gasteiger partial charge in [0.05, 0.1) is 19.2 Å². The summed E-state index contributed by atoms with van der Waals surface area (Å²) in [5.74, 6) is -5.38. The van der Waals surface area contributed by atoms with Gasteiger partial charge in [-0.05, 0) is 43.1 Å². The Morgan fingerprint density at radius 2 is 1.67 bits per heavy atom. The zero-order valence-corrected chi connectivity index (χ0v) is 30.6. The van der Waals surface area contributed by atoms with E-state index < -0.39 is 89.4 Å². The molecule has 1 aliphatic carbocycles. The van der Waals surface area contributed by atoms with E-state index in [1.807, 2.05) is 13.8 Å². The van der Waals surface area contributed by atoms with E-state index in [0.717, 1.165) is 19.3 Å². The van der Waals surface area contributed by atoms with Crippen LogP contribution in [-0.4, -0.2) is 98.9 Å². The van der Waals surface area contributed by atoms with Crippen molar-refractivity contribution in [1.29, 1.82) is 0 Å². The quantitative estimate of drug-likeness (QED) is 0.0800. The van der Waals surface area contributed by atoms with Crippen molar-refractivity contribution >= 4 is 52.7 Å². The number of nitrogens with two attached hydrogens (primary N) is 1. The van der Waals surface area contributed by atoms with Crippen LogP contribution >= 0.6 is 0 Å². The molecule has 0 spiro atoms. The number of amides is 6. The number of carbonyl (C=O) groups is 7. The van der Waals surface area contributed by atoms with Crippen LogP contribution in [-0.2, 0) is 44.8 Å². The highest BCUT2D eigenvalue weighted by molar-refractivity contribution is 7.77. The number of Topliss-reactive ketones (excluding diaryl/α,β-unsaturated/α-hetero) is 1. The lowest BCUT2D eigenvalue weighted by Crippen LogP contribution is -2.58. The molecule has 0 aromatic heterocycles. The van der Waals surface area contributed by atoms with Crippen molar-refractivity contribution in [2.45, 2.75) is 102 Å². The number of carbonyl (C=O) groups excluding carboxylic acids is 7. The maximum Gasteiger partial charge on any atom is 0.407 e. The number of ketones is 1. The first-order chi connectivity index (χ1) is 24.7. The van der Waals surface area contributed by atoms with E-state index in [2.05, 4.69) is 26.0 Å². The van der Waals surface area contributed by atoms with Gasteiger partial charge in [0.25, 0.3) is 5.91 Å². The summed E-state index contributed by atoms with van der Waals surface area (Å²) in [4.78, 5) is 92.7. The normalized spacial score (nSPS) is 19.8. The molecule has 1 aliphatic heterocycles. The zero-order valence-electron chi connectivity index (χ0n) is 29.8. The van der Waals surface area contributed by atoms with Gasteiger partial charge >= 0.3 is 6.09 Å². The molecule has 2 fully saturated rings. The van der Waals surface area contributed by atoms with Gasteiger partial charge in [-0.15, -0.1) is 0 Å². The minimum Gasteiger partial charge on any atom is -0.449 e. The Labute approximate surface area is 305 Å². The van der Waals surface area contributed by atoms with Crippen molar-refractivity contribution in [3.8, 4) is 0 Å². The summed E-state index contributed by atoms with van der Waals surface area (Å²) in [6, 6.07) is 2.65. The van der Waals surface area contributed by atoms with E-state index in [1.54, 1.807) is 37.3 Å². The second-order valence-electron chi connectivity index (χ2n) is 13.5. The molecule has 6 atom stereocenters. The molecule has 18 heteroatoms. The topological polar surface area (TPSA) is 255 Å². The summed E-state index contributed by atoms with van der Waals surface area (Å²) in [7, 11) is 0. The molecule has 3 rings (SSSR count). The minimum atomic E-state index is -2.47. The fourth-order valence-electron chi connectivity index (χ4n) is 6.40. The molecule has 0 radical (unpaired) electrons. The molecule has 6 amide bonds. The van der Waals surface area contributed by atoms with Crippen molar-refractivity contribution in [2.24, 2.45) is 17.6 Å². The second kappa shape index (κ2) is 20.6. The Hall–Kier alpha value is -4.42. The van der Waals surface area contributed by atoms with Crippen LogP contribution in [0.5, 0.6) is 0 Å². The lowest BCUT2D eigenvalue weighted by molar-refractivity contribution is -0.143. The summed E-state index contributed by atoms with van der Waals surface area (Å²) >= 11 is -2.47. The highest BCUT2D eigenvalue weighted by Gasteiger charge is 2.45. The third-order valence-corrected chi connectivity index (χ3v) is 9.46. The summed E-state index contributed by atoms with van der Waals surface area (Å²) in [6.07, 6.45) is 3.52. The van der Waals surface area contributed by atoms with Gasteiger partial charge in [-0.1, -0.05) is 76.8 Å². The summed E-state index contributed by atoms with van der Waals surface area (Å²) < 4.78 is 28.9. The van der Waals surface area contributed by atoms with Crippen LogP contribution in [0.25, 0.3) is 0 Å². The third kappa shape index (κ3) is 12.7. The molecule has 52 heavy (non-hydrogen) atoms. The standard InChI is InChI=1S/C34H51N7O10S/c1-4-11-24(29(43)32(46)36-17-26(42)38-27(30(35)44)21-12-7-5-8-13-21)37-31(45)25-16-23(40-52(49)50)18-41(25)33(47)28(22-14-9-6-10-15-22)39-34(48)51-19-20(2)3/h5,7-8,12-13,20,22-25,27-28,40H,4,6,9-11,14-19H2,1-3H3,(H2,35,44)(H,36,46)(H,37,45)(H,38,42)(H,39,48)(H,49,50)/t23-,24?,25+,27+,28+/m1/s1. The second-order valence-corrected chi connectivity index (χ2v) is 14.3. The number of likely N-dealkylation sites (tertiary alicyclic amines) is 1. The molecule has 2 unspecified atom stereocenters. The van der Waals surface area contributed by atoms with Crippen LogP contribution in [0, 0.1) is 11.8 Å². The van der Waals surface area contributed by atoms with Crippen molar-refractivity contribution < 1.29 is 47.1 Å². The molecule has 1 aromatic rings. The van der Waals surface area contributed by atoms with Gasteiger partial charge in [0.2, 0.25) is 40.7 Å². The van der Waals surface area contributed by atoms with Gasteiger partial charge in [0.15, 0.2) is 0 Å². The van der Waals surface area contributed by atoms with Gasteiger partial charge in [-0.2, -0.15) is 0 Å². The Morgan fingerprint density at radius 1 is 1.00 bits per heavy atom. The zero-order chi connectivity index (χ0) is 38.4. The number of primary amides is 1. The average Bonchev–Trinajstić information content (AvgIpc) is 3.54. The smallest absolute Gasteiger partial charge is 0.407 e. The van der Waals surface area contributed by atoms with Crippen molar-refractivity contribution in [1.82, 2.24) is 30.9 Å². The Kier molecular flexibility index (Phi) is 16.6. The molecule has 1 heterocycles. The molecule has 1 saturated heterocycles. The van der Waals surface area contributed by atoms with E-state index in [0.29, 0.717) is 24.8 Å². The number of ether oxygens (including phenoxy) is 1. The SMILES string of the molecule is CCCC(NC(=O)[C@@H]1C[C@@H](NS(=O)O)CN1C(=O)[C@@H](NC(=O)OCC(C)C)C1CCCCC1)C(=O)C(=O)NCC(=O)N[C@H](C(N)=O)c1ccccc1. The molecule has 1 aromatic carbocycles. The summed E-state index contributed by atoms with van der Waals surface area (Å²) in [5, 5.41) is 9.89. The van der Waals surface area contributed by atoms with E-state index >= 15 is 0 Å². The monoisotopic (exact) mass is 749 g/mol. The molecule has 0 bridgehead atoms. The minimum absolute atomic E-state index is 0.0406. The van der Waals surface area contributed by atoms with E-state index in [9.17, 15) is 42.3 Å². The van der Waals surface area contributed by atoms with Crippen LogP contribution < -0.4 is 31.7 Å². The van der Waals surface area contributed by atoms with Crippen molar-refractivity contribution in [2.75, 3.05) is 19.7 Å². The number of alkyl carbamates (subject to hydrolysis) is 1. The molecule has 288 valence electrons. The molecule has 17 nitrogen and oxygen atoms in total. The average molecular weight is 750 g/mol. The van der Waals surface area contributed by atoms with Gasteiger partial charge in [0, 0.05) is 12.6 Å². The molecular weight excluding hydrogens is 698 g/mol. The Balaban J connectivity index is 1.74. The highest BCUT2D eigenvalue weighted by Crippen LogP contribution is 2.30. The molecular formula is C34H51N7O10S. The summed E-state index contributed by atoms with van der Waals surface area (Å²) in [5.41, 5.74) is 5.86. The van der Waals surface area contributed by atoms with Crippen LogP contribution in [0.1, 0.15) is 83.7 Å². The number of nitrogens with zero attached hydrogens (tertiary/aromatic N) is 1. The maximum absolute atomic E-state index is 14.2. The van der Waals surface area contributed by atoms with Gasteiger partial charge in [0.1, 0.15) is 18.1 Å². The van der Waals surface area contributed by atoms with Gasteiger partial charge < -0.3 is 36.6 Å². The van der Waals surface area contributed by atoms with Gasteiger partial charge in [-0.3, -0.25) is 33.3 Å². The lowest BCUT2D eigenvalue weighted by Gasteiger charge is -2.34. The predicted molar refractivity (Wildman–Crippen MR) is 189 cm³/mol. The van der Waals surface area contributed by atoms with Crippen LogP contribution in [0.3, 0.4) is 0 Å². The fourth-order valence-corrected chi connectivity index (χ4v) is 6.86. The Morgan fingerprint density at radius 3 is 2.27 bits per heavy atom. The molecule has 8 N–H and O–H groups in total. The largest absolute Gasteiger partial charge is 0.449 e. The first-order valence-electron chi connectivity index (χ1n) is 17.6. The van der Waals surface area contributed by atoms with E-state index in [1.165, 1.54) is 4.90 Å². The molecule has 1 saturated carbocycles. The van der Waals surface area contributed by atoms with Gasteiger partial charge in [-0.25, -0.2) is 13.7 Å². The number of hydrogen-bond donors (Lipinski definition) is 7. The van der Waals surface area contributed by atoms with Crippen LogP contribution in [0.15, 0.2) is 30.3 Å².